The molecule has 110 valence electrons. The van der Waals surface area contributed by atoms with Gasteiger partial charge in [0, 0.05) is 0 Å². The van der Waals surface area contributed by atoms with Crippen molar-refractivity contribution in [3.8, 4) is 0 Å². The van der Waals surface area contributed by atoms with Crippen molar-refractivity contribution < 1.29 is 24.3 Å². The third-order valence-electron chi connectivity index (χ3n) is 3.01. The summed E-state index contributed by atoms with van der Waals surface area (Å²) >= 11 is 0. The minimum atomic E-state index is -1.53. The standard InChI is InChI=1S/C12H15FN2O5/c1-6(16)12(2,3)14-9-4-7(11(17)18)8(13)5-10(9)15(19)20/h4-6,14,16H,1-3H3,(H,17,18). The van der Waals surface area contributed by atoms with E-state index in [1.807, 2.05) is 0 Å². The number of benzene rings is 1. The predicted octanol–water partition coefficient (Wildman–Crippen LogP) is 2.00. The van der Waals surface area contributed by atoms with Gasteiger partial charge in [-0.15, -0.1) is 0 Å². The van der Waals surface area contributed by atoms with Gasteiger partial charge in [-0.1, -0.05) is 0 Å². The number of nitro benzene ring substituents is 1. The first-order chi connectivity index (χ1) is 9.06. The molecule has 8 heteroatoms. The molecular formula is C12H15FN2O5. The summed E-state index contributed by atoms with van der Waals surface area (Å²) in [5.74, 6) is -2.72. The molecule has 0 radical (unpaired) electrons. The summed E-state index contributed by atoms with van der Waals surface area (Å²) in [5.41, 5.74) is -2.40. The third-order valence-corrected chi connectivity index (χ3v) is 3.01. The maximum atomic E-state index is 13.5. The Kier molecular flexibility index (Phi) is 4.29. The van der Waals surface area contributed by atoms with Crippen LogP contribution in [0.2, 0.25) is 0 Å². The molecule has 0 aliphatic heterocycles. The van der Waals surface area contributed by atoms with Gasteiger partial charge in [0.15, 0.2) is 0 Å². The first-order valence-corrected chi connectivity index (χ1v) is 5.73. The highest BCUT2D eigenvalue weighted by Gasteiger charge is 2.29. The van der Waals surface area contributed by atoms with Crippen molar-refractivity contribution in [1.82, 2.24) is 0 Å². The second-order valence-corrected chi connectivity index (χ2v) is 4.93. The maximum absolute atomic E-state index is 13.5. The molecule has 1 atom stereocenters. The minimum Gasteiger partial charge on any atom is -0.478 e. The summed E-state index contributed by atoms with van der Waals surface area (Å²) < 4.78 is 13.5. The third kappa shape index (κ3) is 3.21. The average Bonchev–Trinajstić information content (AvgIpc) is 2.29. The van der Waals surface area contributed by atoms with Crippen LogP contribution in [-0.2, 0) is 0 Å². The zero-order chi connectivity index (χ0) is 15.7. The molecule has 0 fully saturated rings. The van der Waals surface area contributed by atoms with E-state index in [1.54, 1.807) is 13.8 Å². The van der Waals surface area contributed by atoms with Crippen LogP contribution in [0.3, 0.4) is 0 Å². The summed E-state index contributed by atoms with van der Waals surface area (Å²) in [4.78, 5) is 20.9. The van der Waals surface area contributed by atoms with Gasteiger partial charge in [0.25, 0.3) is 5.69 Å². The molecule has 3 N–H and O–H groups in total. The van der Waals surface area contributed by atoms with Crippen LogP contribution in [0.25, 0.3) is 0 Å². The summed E-state index contributed by atoms with van der Waals surface area (Å²) in [5, 5.41) is 32.0. The molecule has 0 amide bonds. The first-order valence-electron chi connectivity index (χ1n) is 5.73. The lowest BCUT2D eigenvalue weighted by Crippen LogP contribution is -2.42. The Morgan fingerprint density at radius 2 is 2.05 bits per heavy atom. The number of hydrogen-bond donors (Lipinski definition) is 3. The highest BCUT2D eigenvalue weighted by Crippen LogP contribution is 2.31. The fourth-order valence-corrected chi connectivity index (χ4v) is 1.43. The maximum Gasteiger partial charge on any atom is 0.338 e. The Morgan fingerprint density at radius 3 is 2.45 bits per heavy atom. The molecular weight excluding hydrogens is 271 g/mol. The van der Waals surface area contributed by atoms with E-state index in [4.69, 9.17) is 5.11 Å². The van der Waals surface area contributed by atoms with E-state index in [0.29, 0.717) is 6.07 Å². The van der Waals surface area contributed by atoms with Crippen molar-refractivity contribution >= 4 is 17.3 Å². The minimum absolute atomic E-state index is 0.167. The van der Waals surface area contributed by atoms with Crippen LogP contribution in [0.15, 0.2) is 12.1 Å². The van der Waals surface area contributed by atoms with Crippen LogP contribution in [-0.4, -0.2) is 32.7 Å². The number of halogens is 1. The molecule has 0 aliphatic carbocycles. The smallest absolute Gasteiger partial charge is 0.338 e. The van der Waals surface area contributed by atoms with Gasteiger partial charge in [-0.05, 0) is 26.8 Å². The highest BCUT2D eigenvalue weighted by molar-refractivity contribution is 5.90. The Bertz CT molecular complexity index is 557. The molecule has 0 aliphatic rings. The number of carboxylic acid groups (broad SMARTS) is 1. The summed E-state index contributed by atoms with van der Waals surface area (Å²) in [6.07, 6.45) is -0.875. The van der Waals surface area contributed by atoms with E-state index in [1.165, 1.54) is 6.92 Å². The van der Waals surface area contributed by atoms with Crippen LogP contribution >= 0.6 is 0 Å². The number of carboxylic acids is 1. The predicted molar refractivity (Wildman–Crippen MR) is 69.4 cm³/mol. The molecule has 1 rings (SSSR count). The summed E-state index contributed by atoms with van der Waals surface area (Å²) in [6.45, 7) is 4.62. The molecule has 0 bridgehead atoms. The van der Waals surface area contributed by atoms with E-state index in [0.717, 1.165) is 6.07 Å². The highest BCUT2D eigenvalue weighted by atomic mass is 19.1. The SMILES string of the molecule is CC(O)C(C)(C)Nc1cc(C(=O)O)c(F)cc1[N+](=O)[O-]. The molecule has 20 heavy (non-hydrogen) atoms. The lowest BCUT2D eigenvalue weighted by molar-refractivity contribution is -0.384. The van der Waals surface area contributed by atoms with Gasteiger partial charge in [0.05, 0.1) is 28.2 Å². The van der Waals surface area contributed by atoms with Crippen molar-refractivity contribution in [2.24, 2.45) is 0 Å². The Hall–Kier alpha value is -2.22. The van der Waals surface area contributed by atoms with E-state index >= 15 is 0 Å². The summed E-state index contributed by atoms with van der Waals surface area (Å²) in [6, 6.07) is 1.39. The van der Waals surface area contributed by atoms with E-state index < -0.39 is 39.6 Å². The quantitative estimate of drug-likeness (QED) is 0.563. The number of aliphatic hydroxyl groups excluding tert-OH is 1. The molecule has 0 saturated carbocycles. The molecule has 0 aromatic heterocycles. The number of carbonyl (C=O) groups is 1. The normalized spacial score (nSPS) is 12.8. The van der Waals surface area contributed by atoms with Gasteiger partial charge in [-0.2, -0.15) is 0 Å². The van der Waals surface area contributed by atoms with Crippen molar-refractivity contribution in [2.45, 2.75) is 32.4 Å². The zero-order valence-corrected chi connectivity index (χ0v) is 11.2. The van der Waals surface area contributed by atoms with Crippen molar-refractivity contribution in [3.63, 3.8) is 0 Å². The number of aromatic carboxylic acids is 1. The largest absolute Gasteiger partial charge is 0.478 e. The molecule has 1 unspecified atom stereocenters. The van der Waals surface area contributed by atoms with Crippen LogP contribution in [0.4, 0.5) is 15.8 Å². The van der Waals surface area contributed by atoms with E-state index in [9.17, 15) is 24.4 Å². The number of rotatable bonds is 5. The van der Waals surface area contributed by atoms with Gasteiger partial charge < -0.3 is 15.5 Å². The van der Waals surface area contributed by atoms with Crippen molar-refractivity contribution in [2.75, 3.05) is 5.32 Å². The number of nitrogens with zero attached hydrogens (tertiary/aromatic N) is 1. The molecule has 0 heterocycles. The first kappa shape index (κ1) is 15.8. The van der Waals surface area contributed by atoms with Crippen LogP contribution in [0, 0.1) is 15.9 Å². The van der Waals surface area contributed by atoms with Gasteiger partial charge in [-0.25, -0.2) is 9.18 Å². The van der Waals surface area contributed by atoms with Gasteiger partial charge in [-0.3, -0.25) is 10.1 Å². The van der Waals surface area contributed by atoms with Crippen LogP contribution in [0.5, 0.6) is 0 Å². The van der Waals surface area contributed by atoms with Crippen LogP contribution < -0.4 is 5.32 Å². The van der Waals surface area contributed by atoms with Gasteiger partial charge in [0.2, 0.25) is 0 Å². The fourth-order valence-electron chi connectivity index (χ4n) is 1.43. The molecule has 0 saturated heterocycles. The molecule has 1 aromatic rings. The number of hydrogen-bond acceptors (Lipinski definition) is 5. The second kappa shape index (κ2) is 5.41. The second-order valence-electron chi connectivity index (χ2n) is 4.93. The van der Waals surface area contributed by atoms with Crippen LogP contribution in [0.1, 0.15) is 31.1 Å². The topological polar surface area (TPSA) is 113 Å². The van der Waals surface area contributed by atoms with Gasteiger partial charge >= 0.3 is 5.97 Å². The van der Waals surface area contributed by atoms with E-state index in [2.05, 4.69) is 5.32 Å². The number of anilines is 1. The Morgan fingerprint density at radius 1 is 1.50 bits per heavy atom. The summed E-state index contributed by atoms with van der Waals surface area (Å²) in [7, 11) is 0. The monoisotopic (exact) mass is 286 g/mol. The molecule has 1 aromatic carbocycles. The number of nitro groups is 1. The van der Waals surface area contributed by atoms with Crippen molar-refractivity contribution in [1.29, 1.82) is 0 Å². The number of aliphatic hydroxyl groups is 1. The number of nitrogens with one attached hydrogen (secondary N) is 1. The Labute approximate surface area is 114 Å². The zero-order valence-electron chi connectivity index (χ0n) is 11.2. The average molecular weight is 286 g/mol. The lowest BCUT2D eigenvalue weighted by Gasteiger charge is -2.30. The lowest BCUT2D eigenvalue weighted by atomic mass is 9.97. The van der Waals surface area contributed by atoms with Gasteiger partial charge in [0.1, 0.15) is 11.5 Å². The Balaban J connectivity index is 3.39. The molecule has 0 spiro atoms. The fraction of sp³-hybridized carbons (Fsp3) is 0.417. The van der Waals surface area contributed by atoms with Crippen molar-refractivity contribution in [3.05, 3.63) is 33.6 Å². The van der Waals surface area contributed by atoms with E-state index in [-0.39, 0.29) is 5.69 Å². The molecule has 7 nitrogen and oxygen atoms in total.